The zero-order valence-corrected chi connectivity index (χ0v) is 12.7. The van der Waals surface area contributed by atoms with Gasteiger partial charge in [0, 0.05) is 7.05 Å². The second kappa shape index (κ2) is 8.01. The van der Waals surface area contributed by atoms with Crippen molar-refractivity contribution in [1.82, 2.24) is 5.32 Å². The Hall–Kier alpha value is -1.27. The molecule has 19 heavy (non-hydrogen) atoms. The van der Waals surface area contributed by atoms with E-state index < -0.39 is 0 Å². The van der Waals surface area contributed by atoms with Crippen molar-refractivity contribution in [1.29, 1.82) is 0 Å². The molecule has 1 aromatic carbocycles. The van der Waals surface area contributed by atoms with Gasteiger partial charge in [0.15, 0.2) is 11.5 Å². The lowest BCUT2D eigenvalue weighted by Crippen LogP contribution is -2.20. The van der Waals surface area contributed by atoms with Crippen LogP contribution in [0.3, 0.4) is 0 Å². The molecule has 0 aliphatic heterocycles. The van der Waals surface area contributed by atoms with E-state index in [9.17, 15) is 4.79 Å². The van der Waals surface area contributed by atoms with Crippen LogP contribution in [0.1, 0.15) is 12.0 Å². The van der Waals surface area contributed by atoms with E-state index in [-0.39, 0.29) is 5.91 Å². The zero-order valence-electron chi connectivity index (χ0n) is 11.2. The van der Waals surface area contributed by atoms with Crippen molar-refractivity contribution in [3.05, 3.63) is 22.2 Å². The largest absolute Gasteiger partial charge is 0.493 e. The number of amides is 1. The first-order chi connectivity index (χ1) is 9.12. The Morgan fingerprint density at radius 3 is 2.79 bits per heavy atom. The molecule has 0 radical (unpaired) electrons. The molecule has 0 unspecified atom stereocenters. The van der Waals surface area contributed by atoms with Crippen LogP contribution in [0, 0.1) is 0 Å². The number of hydrogen-bond acceptors (Lipinski definition) is 4. The normalized spacial score (nSPS) is 10.1. The Bertz CT molecular complexity index is 438. The molecular weight excluding hydrogens is 312 g/mol. The summed E-state index contributed by atoms with van der Waals surface area (Å²) in [6, 6.07) is 3.84. The lowest BCUT2D eigenvalue weighted by atomic mass is 10.1. The summed E-state index contributed by atoms with van der Waals surface area (Å²) < 4.78 is 11.7. The van der Waals surface area contributed by atoms with E-state index in [1.54, 1.807) is 14.2 Å². The first kappa shape index (κ1) is 15.8. The molecule has 5 nitrogen and oxygen atoms in total. The van der Waals surface area contributed by atoms with E-state index in [1.807, 2.05) is 12.1 Å². The van der Waals surface area contributed by atoms with Gasteiger partial charge >= 0.3 is 0 Å². The van der Waals surface area contributed by atoms with Crippen molar-refractivity contribution in [2.24, 2.45) is 5.73 Å². The lowest BCUT2D eigenvalue weighted by molar-refractivity contribution is -0.121. The maximum absolute atomic E-state index is 11.1. The molecule has 3 N–H and O–H groups in total. The third-order valence-electron chi connectivity index (χ3n) is 2.58. The van der Waals surface area contributed by atoms with Crippen molar-refractivity contribution in [3.8, 4) is 11.5 Å². The highest BCUT2D eigenvalue weighted by atomic mass is 79.9. The van der Waals surface area contributed by atoms with Gasteiger partial charge < -0.3 is 20.5 Å². The van der Waals surface area contributed by atoms with Gasteiger partial charge in [0.05, 0.1) is 24.6 Å². The average Bonchev–Trinajstić information content (AvgIpc) is 2.40. The summed E-state index contributed by atoms with van der Waals surface area (Å²) in [5.41, 5.74) is 6.61. The molecule has 0 aliphatic rings. The lowest BCUT2D eigenvalue weighted by Gasteiger charge is -2.14. The molecule has 0 aromatic heterocycles. The maximum Gasteiger partial charge on any atom is 0.223 e. The Morgan fingerprint density at radius 1 is 1.47 bits per heavy atom. The average molecular weight is 331 g/mol. The Kier molecular flexibility index (Phi) is 6.66. The van der Waals surface area contributed by atoms with Crippen molar-refractivity contribution in [2.75, 3.05) is 27.3 Å². The molecule has 0 heterocycles. The third-order valence-corrected chi connectivity index (χ3v) is 3.17. The zero-order chi connectivity index (χ0) is 14.3. The summed E-state index contributed by atoms with van der Waals surface area (Å²) in [5.74, 6) is 1.18. The number of nitrogens with one attached hydrogen (secondary N) is 1. The van der Waals surface area contributed by atoms with Crippen LogP contribution in [-0.2, 0) is 11.2 Å². The van der Waals surface area contributed by atoms with Crippen LogP contribution in [0.5, 0.6) is 11.5 Å². The van der Waals surface area contributed by atoms with Crippen molar-refractivity contribution in [2.45, 2.75) is 12.8 Å². The summed E-state index contributed by atoms with van der Waals surface area (Å²) in [6.07, 6.45) is 1.07. The summed E-state index contributed by atoms with van der Waals surface area (Å²) in [5, 5.41) is 2.54. The van der Waals surface area contributed by atoms with Crippen molar-refractivity contribution >= 4 is 21.8 Å². The highest BCUT2D eigenvalue weighted by molar-refractivity contribution is 9.10. The topological polar surface area (TPSA) is 73.6 Å². The van der Waals surface area contributed by atoms with Gasteiger partial charge in [-0.2, -0.15) is 0 Å². The van der Waals surface area contributed by atoms with E-state index in [4.69, 9.17) is 15.2 Å². The predicted octanol–water partition coefficient (Wildman–Crippen LogP) is 1.47. The Balaban J connectivity index is 2.78. The maximum atomic E-state index is 11.1. The molecule has 0 fully saturated rings. The number of nitrogens with two attached hydrogens (primary N) is 1. The summed E-state index contributed by atoms with van der Waals surface area (Å²) in [6.45, 7) is 0.872. The number of ether oxygens (including phenoxy) is 2. The molecule has 1 rings (SSSR count). The molecule has 106 valence electrons. The number of benzene rings is 1. The molecule has 0 aliphatic carbocycles. The molecule has 0 bridgehead atoms. The molecule has 1 aromatic rings. The van der Waals surface area contributed by atoms with Gasteiger partial charge in [-0.05, 0) is 46.6 Å². The fourth-order valence-electron chi connectivity index (χ4n) is 1.60. The highest BCUT2D eigenvalue weighted by Gasteiger charge is 2.12. The van der Waals surface area contributed by atoms with Gasteiger partial charge in [-0.15, -0.1) is 0 Å². The molecule has 0 saturated heterocycles. The van der Waals surface area contributed by atoms with E-state index >= 15 is 0 Å². The van der Waals surface area contributed by atoms with Crippen LogP contribution in [0.25, 0.3) is 0 Å². The predicted molar refractivity (Wildman–Crippen MR) is 77.6 cm³/mol. The van der Waals surface area contributed by atoms with Crippen molar-refractivity contribution in [3.63, 3.8) is 0 Å². The van der Waals surface area contributed by atoms with Gasteiger partial charge in [0.25, 0.3) is 0 Å². The number of methoxy groups -OCH3 is 1. The van der Waals surface area contributed by atoms with E-state index in [0.717, 1.165) is 16.5 Å². The number of carbonyl (C=O) groups is 1. The minimum absolute atomic E-state index is 0.0603. The quantitative estimate of drug-likeness (QED) is 0.794. The van der Waals surface area contributed by atoms with Gasteiger partial charge in [0.1, 0.15) is 0 Å². The standard InChI is InChI=1S/C13H19BrN2O3/c1-16-12(17)4-6-19-13-10(14)7-9(3-5-15)8-11(13)18-2/h7-8H,3-6,15H2,1-2H3,(H,16,17). The van der Waals surface area contributed by atoms with Crippen LogP contribution in [0.15, 0.2) is 16.6 Å². The van der Waals surface area contributed by atoms with Crippen LogP contribution in [0.2, 0.25) is 0 Å². The smallest absolute Gasteiger partial charge is 0.223 e. The van der Waals surface area contributed by atoms with Crippen LogP contribution >= 0.6 is 15.9 Å². The minimum atomic E-state index is -0.0603. The molecule has 0 spiro atoms. The fourth-order valence-corrected chi connectivity index (χ4v) is 2.20. The van der Waals surface area contributed by atoms with Gasteiger partial charge in [-0.25, -0.2) is 0 Å². The third kappa shape index (κ3) is 4.72. The van der Waals surface area contributed by atoms with Crippen LogP contribution in [-0.4, -0.2) is 33.2 Å². The van der Waals surface area contributed by atoms with Gasteiger partial charge in [-0.1, -0.05) is 0 Å². The van der Waals surface area contributed by atoms with Crippen LogP contribution in [0.4, 0.5) is 0 Å². The van der Waals surface area contributed by atoms with Crippen LogP contribution < -0.4 is 20.5 Å². The monoisotopic (exact) mass is 330 g/mol. The number of rotatable bonds is 7. The molecule has 0 atom stereocenters. The van der Waals surface area contributed by atoms with E-state index in [0.29, 0.717) is 31.1 Å². The summed E-state index contributed by atoms with van der Waals surface area (Å²) in [7, 11) is 3.18. The molecule has 1 amide bonds. The van der Waals surface area contributed by atoms with E-state index in [1.165, 1.54) is 0 Å². The fraction of sp³-hybridized carbons (Fsp3) is 0.462. The molecule has 0 saturated carbocycles. The number of hydrogen-bond donors (Lipinski definition) is 2. The highest BCUT2D eigenvalue weighted by Crippen LogP contribution is 2.36. The van der Waals surface area contributed by atoms with Gasteiger partial charge in [-0.3, -0.25) is 4.79 Å². The first-order valence-electron chi connectivity index (χ1n) is 6.02. The summed E-state index contributed by atoms with van der Waals surface area (Å²) in [4.78, 5) is 11.1. The Morgan fingerprint density at radius 2 is 2.21 bits per heavy atom. The van der Waals surface area contributed by atoms with E-state index in [2.05, 4.69) is 21.2 Å². The SMILES string of the molecule is CNC(=O)CCOc1c(Br)cc(CCN)cc1OC. The second-order valence-corrected chi connectivity index (χ2v) is 4.77. The Labute approximate surface area is 121 Å². The number of halogens is 1. The second-order valence-electron chi connectivity index (χ2n) is 3.92. The summed E-state index contributed by atoms with van der Waals surface area (Å²) >= 11 is 3.45. The molecular formula is C13H19BrN2O3. The minimum Gasteiger partial charge on any atom is -0.493 e. The number of carbonyl (C=O) groups excluding carboxylic acids is 1. The first-order valence-corrected chi connectivity index (χ1v) is 6.81. The molecule has 6 heteroatoms. The van der Waals surface area contributed by atoms with Gasteiger partial charge in [0.2, 0.25) is 5.91 Å². The van der Waals surface area contributed by atoms with Crippen molar-refractivity contribution < 1.29 is 14.3 Å².